The lowest BCUT2D eigenvalue weighted by molar-refractivity contribution is -0.139. The summed E-state index contributed by atoms with van der Waals surface area (Å²) in [5, 5.41) is 18.8. The van der Waals surface area contributed by atoms with Gasteiger partial charge in [-0.1, -0.05) is 12.1 Å². The molecule has 1 heterocycles. The molecule has 23 heavy (non-hydrogen) atoms. The number of aromatic amines is 1. The monoisotopic (exact) mass is 317 g/mol. The van der Waals surface area contributed by atoms with Gasteiger partial charge in [-0.3, -0.25) is 9.89 Å². The number of hydrogen-bond acceptors (Lipinski definition) is 4. The van der Waals surface area contributed by atoms with Crippen LogP contribution in [0.4, 0.5) is 0 Å². The Morgan fingerprint density at radius 2 is 2.00 bits per heavy atom. The summed E-state index contributed by atoms with van der Waals surface area (Å²) in [4.78, 5) is 24.2. The summed E-state index contributed by atoms with van der Waals surface area (Å²) in [7, 11) is 1.46. The van der Waals surface area contributed by atoms with E-state index in [0.29, 0.717) is 33.8 Å². The predicted octanol–water partition coefficient (Wildman–Crippen LogP) is 1.90. The van der Waals surface area contributed by atoms with E-state index in [9.17, 15) is 14.7 Å². The molecule has 1 aromatic heterocycles. The summed E-state index contributed by atoms with van der Waals surface area (Å²) in [6.45, 7) is 5.17. The van der Waals surface area contributed by atoms with Gasteiger partial charge in [0.15, 0.2) is 6.04 Å². The van der Waals surface area contributed by atoms with Crippen LogP contribution < -0.4 is 10.1 Å². The molecule has 0 saturated carbocycles. The van der Waals surface area contributed by atoms with Crippen molar-refractivity contribution in [3.05, 3.63) is 46.3 Å². The third kappa shape index (κ3) is 3.18. The highest BCUT2D eigenvalue weighted by molar-refractivity contribution is 6.00. The molecule has 0 aliphatic heterocycles. The number of aliphatic carboxylic acids is 1. The minimum atomic E-state index is -1.19. The van der Waals surface area contributed by atoms with Gasteiger partial charge in [0, 0.05) is 11.3 Å². The Morgan fingerprint density at radius 3 is 2.52 bits per heavy atom. The molecule has 7 nitrogen and oxygen atoms in total. The van der Waals surface area contributed by atoms with Crippen LogP contribution in [0.3, 0.4) is 0 Å². The van der Waals surface area contributed by atoms with E-state index in [2.05, 4.69) is 15.5 Å². The van der Waals surface area contributed by atoms with E-state index in [1.54, 1.807) is 39.0 Å². The van der Waals surface area contributed by atoms with E-state index >= 15 is 0 Å². The van der Waals surface area contributed by atoms with E-state index in [1.165, 1.54) is 7.11 Å². The number of aromatic nitrogens is 2. The summed E-state index contributed by atoms with van der Waals surface area (Å²) in [6, 6.07) is 4.00. The first-order valence-corrected chi connectivity index (χ1v) is 7.05. The van der Waals surface area contributed by atoms with Crippen molar-refractivity contribution in [2.75, 3.05) is 7.11 Å². The van der Waals surface area contributed by atoms with Gasteiger partial charge < -0.3 is 15.2 Å². The molecule has 0 saturated heterocycles. The van der Waals surface area contributed by atoms with E-state index in [4.69, 9.17) is 4.74 Å². The van der Waals surface area contributed by atoms with Gasteiger partial charge in [0.25, 0.3) is 5.91 Å². The molecule has 0 aliphatic carbocycles. The average molecular weight is 317 g/mol. The molecule has 1 amide bonds. The Labute approximate surface area is 133 Å². The van der Waals surface area contributed by atoms with Crippen molar-refractivity contribution in [2.24, 2.45) is 0 Å². The molecule has 1 atom stereocenters. The quantitative estimate of drug-likeness (QED) is 0.781. The number of hydrogen-bond donors (Lipinski definition) is 3. The number of nitrogens with one attached hydrogen (secondary N) is 2. The molecular weight excluding hydrogens is 298 g/mol. The number of carboxylic acids is 1. The maximum Gasteiger partial charge on any atom is 0.331 e. The number of methoxy groups -OCH3 is 1. The van der Waals surface area contributed by atoms with Crippen LogP contribution in [0.15, 0.2) is 18.2 Å². The molecule has 122 valence electrons. The molecule has 2 rings (SSSR count). The van der Waals surface area contributed by atoms with Crippen LogP contribution in [-0.4, -0.2) is 34.3 Å². The number of rotatable bonds is 5. The molecular formula is C16H19N3O4. The van der Waals surface area contributed by atoms with Crippen LogP contribution in [0.25, 0.3) is 0 Å². The lowest BCUT2D eigenvalue weighted by Gasteiger charge is -2.17. The highest BCUT2D eigenvalue weighted by Crippen LogP contribution is 2.24. The maximum atomic E-state index is 12.6. The normalized spacial score (nSPS) is 11.8. The minimum Gasteiger partial charge on any atom is -0.496 e. The van der Waals surface area contributed by atoms with Crippen LogP contribution in [0.2, 0.25) is 0 Å². The smallest absolute Gasteiger partial charge is 0.331 e. The Morgan fingerprint density at radius 1 is 1.30 bits per heavy atom. The number of carbonyl (C=O) groups excluding carboxylic acids is 1. The number of carbonyl (C=O) groups is 2. The van der Waals surface area contributed by atoms with Crippen molar-refractivity contribution in [1.29, 1.82) is 0 Å². The molecule has 0 fully saturated rings. The first kappa shape index (κ1) is 16.5. The molecule has 7 heteroatoms. The number of carboxylic acid groups (broad SMARTS) is 1. The number of benzene rings is 1. The van der Waals surface area contributed by atoms with E-state index in [1.807, 2.05) is 0 Å². The fraction of sp³-hybridized carbons (Fsp3) is 0.312. The fourth-order valence-electron chi connectivity index (χ4n) is 2.55. The Kier molecular flexibility index (Phi) is 4.68. The molecule has 0 unspecified atom stereocenters. The number of aryl methyl sites for hydroxylation is 3. The average Bonchev–Trinajstić information content (AvgIpc) is 2.83. The van der Waals surface area contributed by atoms with Crippen molar-refractivity contribution in [3.8, 4) is 5.75 Å². The highest BCUT2D eigenvalue weighted by atomic mass is 16.5. The lowest BCUT2D eigenvalue weighted by Crippen LogP contribution is -2.35. The van der Waals surface area contributed by atoms with Gasteiger partial charge in [-0.25, -0.2) is 4.79 Å². The third-order valence-electron chi connectivity index (χ3n) is 3.68. The molecule has 0 spiro atoms. The van der Waals surface area contributed by atoms with Crippen molar-refractivity contribution in [2.45, 2.75) is 26.8 Å². The second-order valence-electron chi connectivity index (χ2n) is 5.24. The Balaban J connectivity index is 2.39. The van der Waals surface area contributed by atoms with Gasteiger partial charge in [0.05, 0.1) is 18.4 Å². The topological polar surface area (TPSA) is 104 Å². The van der Waals surface area contributed by atoms with E-state index in [0.717, 1.165) is 0 Å². The van der Waals surface area contributed by atoms with Gasteiger partial charge in [-0.05, 0) is 32.4 Å². The van der Waals surface area contributed by atoms with Crippen molar-refractivity contribution >= 4 is 11.9 Å². The van der Waals surface area contributed by atoms with Crippen LogP contribution in [0.5, 0.6) is 5.75 Å². The van der Waals surface area contributed by atoms with Crippen LogP contribution in [0, 0.1) is 20.8 Å². The first-order valence-electron chi connectivity index (χ1n) is 7.05. The largest absolute Gasteiger partial charge is 0.496 e. The number of H-pyrrole nitrogens is 1. The van der Waals surface area contributed by atoms with Gasteiger partial charge in [-0.15, -0.1) is 0 Å². The molecule has 1 aromatic carbocycles. The maximum absolute atomic E-state index is 12.6. The van der Waals surface area contributed by atoms with Crippen molar-refractivity contribution in [3.63, 3.8) is 0 Å². The summed E-state index contributed by atoms with van der Waals surface area (Å²) < 4.78 is 5.20. The number of amides is 1. The summed E-state index contributed by atoms with van der Waals surface area (Å²) in [6.07, 6.45) is 0. The van der Waals surface area contributed by atoms with Gasteiger partial charge in [0.2, 0.25) is 0 Å². The zero-order valence-electron chi connectivity index (χ0n) is 13.4. The fourth-order valence-corrected chi connectivity index (χ4v) is 2.55. The summed E-state index contributed by atoms with van der Waals surface area (Å²) in [5.41, 5.74) is 2.61. The van der Waals surface area contributed by atoms with E-state index < -0.39 is 17.9 Å². The van der Waals surface area contributed by atoms with Crippen molar-refractivity contribution in [1.82, 2.24) is 15.5 Å². The molecule has 3 N–H and O–H groups in total. The van der Waals surface area contributed by atoms with Crippen LogP contribution >= 0.6 is 0 Å². The van der Waals surface area contributed by atoms with E-state index in [-0.39, 0.29) is 0 Å². The van der Waals surface area contributed by atoms with Gasteiger partial charge >= 0.3 is 5.97 Å². The Hall–Kier alpha value is -2.83. The SMILES string of the molecule is COc1cccc(C)c1C(=O)N[C@@H](C(=O)O)c1c(C)n[nH]c1C. The standard InChI is InChI=1S/C16H19N3O4/c1-8-6-5-7-11(23-4)12(8)15(20)17-14(16(21)22)13-9(2)18-19-10(13)3/h5-7,14H,1-4H3,(H,17,20)(H,18,19)(H,21,22)/t14-/m1/s1. The van der Waals surface area contributed by atoms with Crippen LogP contribution in [-0.2, 0) is 4.79 Å². The molecule has 0 radical (unpaired) electrons. The zero-order valence-corrected chi connectivity index (χ0v) is 13.4. The summed E-state index contributed by atoms with van der Waals surface area (Å²) >= 11 is 0. The second kappa shape index (κ2) is 6.51. The van der Waals surface area contributed by atoms with Gasteiger partial charge in [0.1, 0.15) is 5.75 Å². The highest BCUT2D eigenvalue weighted by Gasteiger charge is 2.29. The molecule has 0 aliphatic rings. The van der Waals surface area contributed by atoms with Crippen LogP contribution in [0.1, 0.15) is 38.9 Å². The molecule has 2 aromatic rings. The third-order valence-corrected chi connectivity index (χ3v) is 3.68. The lowest BCUT2D eigenvalue weighted by atomic mass is 10.0. The zero-order chi connectivity index (χ0) is 17.1. The van der Waals surface area contributed by atoms with Gasteiger partial charge in [-0.2, -0.15) is 5.10 Å². The second-order valence-corrected chi connectivity index (χ2v) is 5.24. The summed E-state index contributed by atoms with van der Waals surface area (Å²) in [5.74, 6) is -1.27. The Bertz CT molecular complexity index is 732. The predicted molar refractivity (Wildman–Crippen MR) is 83.6 cm³/mol. The number of ether oxygens (including phenoxy) is 1. The van der Waals surface area contributed by atoms with Crippen molar-refractivity contribution < 1.29 is 19.4 Å². The number of nitrogens with zero attached hydrogens (tertiary/aromatic N) is 1. The first-order chi connectivity index (χ1) is 10.9. The minimum absolute atomic E-state index is 0.319. The molecule has 0 bridgehead atoms.